The fraction of sp³-hybridized carbons (Fsp3) is 0.0476. The van der Waals surface area contributed by atoms with E-state index in [9.17, 15) is 19.2 Å². The van der Waals surface area contributed by atoms with Gasteiger partial charge in [-0.2, -0.15) is 0 Å². The normalized spacial score (nSPS) is 15.5. The van der Waals surface area contributed by atoms with E-state index in [-0.39, 0.29) is 15.9 Å². The highest BCUT2D eigenvalue weighted by Crippen LogP contribution is 2.32. The molecule has 2 heterocycles. The third-order valence-electron chi connectivity index (χ3n) is 4.33. The van der Waals surface area contributed by atoms with Crippen molar-refractivity contribution in [3.63, 3.8) is 0 Å². The predicted molar refractivity (Wildman–Crippen MR) is 111 cm³/mol. The van der Waals surface area contributed by atoms with E-state index in [1.807, 2.05) is 0 Å². The molecule has 1 aliphatic rings. The number of benzene rings is 2. The first-order valence-corrected chi connectivity index (χ1v) is 9.68. The van der Waals surface area contributed by atoms with Crippen molar-refractivity contribution in [2.24, 2.45) is 0 Å². The number of hydrogen-bond donors (Lipinski definition) is 0. The number of para-hydroxylation sites is 1. The van der Waals surface area contributed by atoms with Crippen LogP contribution in [0.5, 0.6) is 0 Å². The van der Waals surface area contributed by atoms with E-state index >= 15 is 0 Å². The van der Waals surface area contributed by atoms with Gasteiger partial charge in [-0.1, -0.05) is 23.7 Å². The van der Waals surface area contributed by atoms with Gasteiger partial charge in [0.1, 0.15) is 11.8 Å². The van der Waals surface area contributed by atoms with E-state index in [0.717, 1.165) is 4.90 Å². The van der Waals surface area contributed by atoms with Gasteiger partial charge in [0, 0.05) is 10.6 Å². The first-order chi connectivity index (χ1) is 13.9. The third-order valence-corrected chi connectivity index (χ3v) is 5.49. The molecular weight excluding hydrogens is 414 g/mol. The van der Waals surface area contributed by atoms with Gasteiger partial charge in [0.05, 0.1) is 22.4 Å². The molecule has 3 aromatic rings. The van der Waals surface area contributed by atoms with Gasteiger partial charge >= 0.3 is 0 Å². The first-order valence-electron chi connectivity index (χ1n) is 8.49. The second-order valence-electron chi connectivity index (χ2n) is 6.21. The molecule has 0 bridgehead atoms. The number of halogens is 1. The summed E-state index contributed by atoms with van der Waals surface area (Å²) in [6, 6.07) is 12.9. The summed E-state index contributed by atoms with van der Waals surface area (Å²) in [5, 5.41) is 0.275. The minimum Gasteiger partial charge on any atom is -0.463 e. The van der Waals surface area contributed by atoms with Gasteiger partial charge in [-0.15, -0.1) is 0 Å². The average molecular weight is 426 g/mol. The quantitative estimate of drug-likeness (QED) is 0.456. The van der Waals surface area contributed by atoms with Crippen LogP contribution >= 0.6 is 23.4 Å². The van der Waals surface area contributed by atoms with Crippen LogP contribution in [0.4, 0.5) is 4.79 Å². The minimum absolute atomic E-state index is 0.0569. The number of hydrogen-bond acceptors (Lipinski definition) is 6. The Hall–Kier alpha value is -3.16. The van der Waals surface area contributed by atoms with Crippen LogP contribution in [0.3, 0.4) is 0 Å². The van der Waals surface area contributed by atoms with Gasteiger partial charge in [0.15, 0.2) is 11.2 Å². The molecule has 0 radical (unpaired) electrons. The van der Waals surface area contributed by atoms with E-state index in [0.29, 0.717) is 33.3 Å². The van der Waals surface area contributed by atoms with Crippen LogP contribution in [-0.2, 0) is 4.79 Å². The van der Waals surface area contributed by atoms with Crippen molar-refractivity contribution in [1.82, 2.24) is 4.90 Å². The number of amides is 2. The highest BCUT2D eigenvalue weighted by Gasteiger charge is 2.36. The Bertz CT molecular complexity index is 1250. The molecule has 0 aliphatic carbocycles. The zero-order chi connectivity index (χ0) is 20.5. The lowest BCUT2D eigenvalue weighted by atomic mass is 10.1. The van der Waals surface area contributed by atoms with Gasteiger partial charge in [0.25, 0.3) is 11.1 Å². The van der Waals surface area contributed by atoms with Crippen molar-refractivity contribution >= 4 is 57.3 Å². The molecule has 1 aromatic heterocycles. The van der Waals surface area contributed by atoms with Crippen LogP contribution < -0.4 is 5.43 Å². The Morgan fingerprint density at radius 1 is 1.07 bits per heavy atom. The topological polar surface area (TPSA) is 84.7 Å². The highest BCUT2D eigenvalue weighted by molar-refractivity contribution is 8.18. The van der Waals surface area contributed by atoms with Crippen molar-refractivity contribution in [3.05, 3.63) is 86.1 Å². The van der Waals surface area contributed by atoms with Gasteiger partial charge in [-0.3, -0.25) is 24.1 Å². The summed E-state index contributed by atoms with van der Waals surface area (Å²) in [5.41, 5.74) is 0.609. The summed E-state index contributed by atoms with van der Waals surface area (Å²) in [6.45, 7) is -0.393. The monoisotopic (exact) mass is 425 g/mol. The van der Waals surface area contributed by atoms with E-state index in [1.165, 1.54) is 24.5 Å². The molecule has 0 unspecified atom stereocenters. The van der Waals surface area contributed by atoms with Crippen LogP contribution in [0.15, 0.2) is 68.9 Å². The molecule has 29 heavy (non-hydrogen) atoms. The van der Waals surface area contributed by atoms with Gasteiger partial charge in [-0.25, -0.2) is 0 Å². The molecule has 0 N–H and O–H groups in total. The van der Waals surface area contributed by atoms with Crippen molar-refractivity contribution in [1.29, 1.82) is 0 Å². The van der Waals surface area contributed by atoms with Gasteiger partial charge in [0.2, 0.25) is 0 Å². The molecule has 144 valence electrons. The summed E-state index contributed by atoms with van der Waals surface area (Å²) < 4.78 is 5.43. The van der Waals surface area contributed by atoms with E-state index < -0.39 is 23.5 Å². The molecule has 0 spiro atoms. The maximum atomic E-state index is 12.6. The zero-order valence-corrected chi connectivity index (χ0v) is 16.3. The number of carbonyl (C=O) groups excluding carboxylic acids is 3. The maximum Gasteiger partial charge on any atom is 0.293 e. The van der Waals surface area contributed by atoms with Crippen LogP contribution in [0.1, 0.15) is 15.9 Å². The molecule has 2 aromatic carbocycles. The summed E-state index contributed by atoms with van der Waals surface area (Å²) in [7, 11) is 0. The molecule has 1 fully saturated rings. The number of thioether (sulfide) groups is 1. The Labute approximate surface area is 173 Å². The largest absolute Gasteiger partial charge is 0.463 e. The van der Waals surface area contributed by atoms with E-state index in [1.54, 1.807) is 36.4 Å². The maximum absolute atomic E-state index is 12.6. The van der Waals surface area contributed by atoms with Crippen LogP contribution in [0.2, 0.25) is 5.02 Å². The number of imide groups is 1. The van der Waals surface area contributed by atoms with Gasteiger partial charge < -0.3 is 4.42 Å². The lowest BCUT2D eigenvalue weighted by Crippen LogP contribution is -2.33. The molecule has 2 amide bonds. The summed E-state index contributed by atoms with van der Waals surface area (Å²) in [5.74, 6) is -1.02. The summed E-state index contributed by atoms with van der Waals surface area (Å²) in [6.07, 6.45) is 2.56. The standard InChI is InChI=1S/C21H12ClNO5S/c22-14-7-5-12(6-8-14)16(24)10-23-20(26)18(29-21(23)27)9-13-11-28-17-4-2-1-3-15(17)19(13)25/h1-9,11H,10H2/b18-9-. The summed E-state index contributed by atoms with van der Waals surface area (Å²) >= 11 is 6.48. The number of nitrogens with zero attached hydrogens (tertiary/aromatic N) is 1. The number of carbonyl (C=O) groups is 3. The first kappa shape index (κ1) is 19.2. The molecule has 6 nitrogen and oxygen atoms in total. The van der Waals surface area contributed by atoms with E-state index in [4.69, 9.17) is 16.0 Å². The van der Waals surface area contributed by atoms with Crippen LogP contribution in [0.25, 0.3) is 17.0 Å². The van der Waals surface area contributed by atoms with Crippen LogP contribution in [0, 0.1) is 0 Å². The smallest absolute Gasteiger partial charge is 0.293 e. The number of fused-ring (bicyclic) bond motifs is 1. The molecule has 0 atom stereocenters. The Balaban J connectivity index is 1.59. The third kappa shape index (κ3) is 3.74. The second kappa shape index (κ2) is 7.69. The van der Waals surface area contributed by atoms with Crippen LogP contribution in [-0.4, -0.2) is 28.4 Å². The van der Waals surface area contributed by atoms with Crippen molar-refractivity contribution in [3.8, 4) is 0 Å². The molecule has 0 saturated carbocycles. The lowest BCUT2D eigenvalue weighted by Gasteiger charge is -2.11. The molecule has 1 aliphatic heterocycles. The van der Waals surface area contributed by atoms with E-state index in [2.05, 4.69) is 0 Å². The lowest BCUT2D eigenvalue weighted by molar-refractivity contribution is -0.122. The number of ketones is 1. The minimum atomic E-state index is -0.630. The Morgan fingerprint density at radius 3 is 2.55 bits per heavy atom. The summed E-state index contributed by atoms with van der Waals surface area (Å²) in [4.78, 5) is 50.8. The van der Waals surface area contributed by atoms with Crippen molar-refractivity contribution in [2.75, 3.05) is 6.54 Å². The Morgan fingerprint density at radius 2 is 1.79 bits per heavy atom. The van der Waals surface area contributed by atoms with Gasteiger partial charge in [-0.05, 0) is 54.2 Å². The SMILES string of the molecule is O=C(CN1C(=O)S/C(=C\c2coc3ccccc3c2=O)C1=O)c1ccc(Cl)cc1. The molecular formula is C21H12ClNO5S. The average Bonchev–Trinajstić information content (AvgIpc) is 2.98. The predicted octanol–water partition coefficient (Wildman–Crippen LogP) is 4.37. The fourth-order valence-electron chi connectivity index (χ4n) is 2.84. The molecule has 8 heteroatoms. The zero-order valence-electron chi connectivity index (χ0n) is 14.8. The number of rotatable bonds is 4. The number of Topliss-reactive ketones (excluding diaryl/α,β-unsaturated/α-hetero) is 1. The highest BCUT2D eigenvalue weighted by atomic mass is 35.5. The van der Waals surface area contributed by atoms with Crippen molar-refractivity contribution < 1.29 is 18.8 Å². The molecule has 4 rings (SSSR count). The second-order valence-corrected chi connectivity index (χ2v) is 7.64. The molecule has 1 saturated heterocycles. The van der Waals surface area contributed by atoms with Crippen molar-refractivity contribution in [2.45, 2.75) is 0 Å². The Kier molecular flexibility index (Phi) is 5.08. The fourth-order valence-corrected chi connectivity index (χ4v) is 3.80.